The number of amides is 1. The van der Waals surface area contributed by atoms with Crippen LogP contribution in [-0.4, -0.2) is 113 Å². The Bertz CT molecular complexity index is 1600. The largest absolute Gasteiger partial charge is 0.388 e. The Morgan fingerprint density at radius 3 is 2.32 bits per heavy atom. The summed E-state index contributed by atoms with van der Waals surface area (Å²) in [5.74, 6) is 0.240. The van der Waals surface area contributed by atoms with E-state index in [1.807, 2.05) is 102 Å². The second-order valence-electron chi connectivity index (χ2n) is 17.0. The summed E-state index contributed by atoms with van der Waals surface area (Å²) in [5, 5.41) is 37.4. The number of likely N-dealkylation sites (N-methyl/N-ethyl adjacent to an activating group) is 1. The molecular weight excluding hydrogens is 723 g/mol. The van der Waals surface area contributed by atoms with E-state index in [2.05, 4.69) is 25.2 Å². The molecule has 3 heterocycles. The molecule has 6 N–H and O–H groups in total. The third kappa shape index (κ3) is 15.5. The quantitative estimate of drug-likeness (QED) is 0.212. The molecule has 57 heavy (non-hydrogen) atoms. The standard InChI is InChI=1S/C46H71N3O8/c1-30(2)26-36-27-33(5)19-13-12-16-25-45(8,52)38(22-15-14-18-31(3)20-17-21-32(4)23-24-34(6)48-43(36)51)57-44-40(47)41(50)37(29-54-44)56-39-28-46(9,53)42(49(10)11)35(7)55-39/h12-23,25,27,30,34-35,37-42,44,50,52-53H,24,26,28-29,47H2,1-11H3,(H,48,51)/b13-12-,18-14-,21-17-,22-15+,25-16-,31-20-,32-23-,33-19-,36-27-/t34-,35+,37+,38-,39-,40+,41-,42+,44-,45+,46+/m0/s1. The van der Waals surface area contributed by atoms with Crippen LogP contribution in [0.25, 0.3) is 0 Å². The summed E-state index contributed by atoms with van der Waals surface area (Å²) in [4.78, 5) is 15.2. The number of nitrogens with one attached hydrogen (secondary N) is 1. The topological polar surface area (TPSA) is 156 Å². The molecule has 0 bridgehead atoms. The van der Waals surface area contributed by atoms with Gasteiger partial charge < -0.3 is 50.2 Å². The summed E-state index contributed by atoms with van der Waals surface area (Å²) < 4.78 is 24.6. The van der Waals surface area contributed by atoms with E-state index < -0.39 is 48.1 Å². The number of nitrogens with two attached hydrogens (primary N) is 1. The SMILES string of the molecule is CC1=C/C=C\C(C)=C/C[C@H](C)NC(=O)\C(CC(C)C)=C/C(C)=C\C=C/C=C\[C@@](C)(O)[C@@H](O[C@@H]2OC[C@@H](O[C@H]3C[C@@](C)(O)[C@H](N(C)C)[C@@H](C)O3)[C@H](O)[C@H]2N)/C=C/C=C\1. The molecule has 3 aliphatic rings. The minimum atomic E-state index is -1.53. The lowest BCUT2D eigenvalue weighted by atomic mass is 9.85. The third-order valence-electron chi connectivity index (χ3n) is 10.3. The van der Waals surface area contributed by atoms with Gasteiger partial charge in [-0.05, 0) is 81.3 Å². The van der Waals surface area contributed by atoms with Gasteiger partial charge in [0.2, 0.25) is 5.91 Å². The average Bonchev–Trinajstić information content (AvgIpc) is 3.09. The van der Waals surface area contributed by atoms with Gasteiger partial charge in [-0.15, -0.1) is 0 Å². The second-order valence-corrected chi connectivity index (χ2v) is 17.0. The predicted molar refractivity (Wildman–Crippen MR) is 228 cm³/mol. The maximum absolute atomic E-state index is 13.3. The van der Waals surface area contributed by atoms with Crippen molar-refractivity contribution in [3.63, 3.8) is 0 Å². The first kappa shape index (κ1) is 48.1. The highest BCUT2D eigenvalue weighted by Gasteiger charge is 2.48. The van der Waals surface area contributed by atoms with E-state index in [1.54, 1.807) is 44.2 Å². The predicted octanol–water partition coefficient (Wildman–Crippen LogP) is 5.87. The van der Waals surface area contributed by atoms with Crippen LogP contribution in [0, 0.1) is 5.92 Å². The molecule has 11 heteroatoms. The second kappa shape index (κ2) is 22.2. The number of hydrogen-bond acceptors (Lipinski definition) is 10. The van der Waals surface area contributed by atoms with Crippen LogP contribution in [0.2, 0.25) is 0 Å². The molecule has 0 spiro atoms. The molecule has 0 aromatic rings. The number of hydrogen-bond donors (Lipinski definition) is 5. The van der Waals surface area contributed by atoms with E-state index in [0.29, 0.717) is 18.8 Å². The Morgan fingerprint density at radius 2 is 1.65 bits per heavy atom. The van der Waals surface area contributed by atoms with Gasteiger partial charge in [-0.25, -0.2) is 0 Å². The van der Waals surface area contributed by atoms with Crippen LogP contribution >= 0.6 is 0 Å². The maximum atomic E-state index is 13.3. The van der Waals surface area contributed by atoms with Gasteiger partial charge >= 0.3 is 0 Å². The Morgan fingerprint density at radius 1 is 0.965 bits per heavy atom. The molecular formula is C46H71N3O8. The Hall–Kier alpha value is -3.23. The first-order valence-corrected chi connectivity index (χ1v) is 20.2. The summed E-state index contributed by atoms with van der Waals surface area (Å²) in [6.45, 7) is 17.4. The lowest BCUT2D eigenvalue weighted by Gasteiger charge is -2.48. The molecule has 0 saturated carbocycles. The molecule has 0 unspecified atom stereocenters. The van der Waals surface area contributed by atoms with Gasteiger partial charge in [-0.2, -0.15) is 0 Å². The Kier molecular flexibility index (Phi) is 18.8. The van der Waals surface area contributed by atoms with Gasteiger partial charge in [-0.1, -0.05) is 116 Å². The van der Waals surface area contributed by atoms with Gasteiger partial charge in [0.15, 0.2) is 12.6 Å². The molecule has 0 aliphatic carbocycles. The first-order valence-electron chi connectivity index (χ1n) is 20.2. The molecule has 0 radical (unpaired) electrons. The van der Waals surface area contributed by atoms with Gasteiger partial charge in [0.05, 0.1) is 30.4 Å². The number of aliphatic hydroxyl groups excluding tert-OH is 1. The molecule has 318 valence electrons. The number of carbonyl (C=O) groups is 1. The van der Waals surface area contributed by atoms with E-state index >= 15 is 0 Å². The van der Waals surface area contributed by atoms with E-state index in [0.717, 1.165) is 22.3 Å². The van der Waals surface area contributed by atoms with Gasteiger partial charge in [0.25, 0.3) is 0 Å². The first-order chi connectivity index (χ1) is 26.7. The lowest BCUT2D eigenvalue weighted by molar-refractivity contribution is -0.310. The van der Waals surface area contributed by atoms with Crippen LogP contribution in [0.1, 0.15) is 81.6 Å². The molecule has 0 aromatic heterocycles. The van der Waals surface area contributed by atoms with Crippen LogP contribution in [0.3, 0.4) is 0 Å². The van der Waals surface area contributed by atoms with E-state index in [1.165, 1.54) is 0 Å². The summed E-state index contributed by atoms with van der Waals surface area (Å²) in [7, 11) is 3.79. The Labute approximate surface area is 342 Å². The zero-order valence-electron chi connectivity index (χ0n) is 36.1. The summed E-state index contributed by atoms with van der Waals surface area (Å²) in [5.41, 5.74) is 7.63. The smallest absolute Gasteiger partial charge is 0.247 e. The maximum Gasteiger partial charge on any atom is 0.247 e. The fourth-order valence-corrected chi connectivity index (χ4v) is 7.34. The van der Waals surface area contributed by atoms with Crippen LogP contribution in [0.15, 0.2) is 107 Å². The van der Waals surface area contributed by atoms with Crippen LogP contribution in [0.4, 0.5) is 0 Å². The molecule has 3 aliphatic heterocycles. The minimum Gasteiger partial charge on any atom is -0.388 e. The fraction of sp³-hybridized carbons (Fsp3) is 0.587. The summed E-state index contributed by atoms with van der Waals surface area (Å²) >= 11 is 0. The fourth-order valence-electron chi connectivity index (χ4n) is 7.34. The van der Waals surface area contributed by atoms with E-state index in [4.69, 9.17) is 24.7 Å². The highest BCUT2D eigenvalue weighted by Crippen LogP contribution is 2.34. The molecule has 2 saturated heterocycles. The van der Waals surface area contributed by atoms with Crippen molar-refractivity contribution in [1.82, 2.24) is 10.2 Å². The van der Waals surface area contributed by atoms with Crippen molar-refractivity contribution in [3.05, 3.63) is 107 Å². The molecule has 11 nitrogen and oxygen atoms in total. The number of nitrogens with zero attached hydrogens (tertiary/aromatic N) is 1. The third-order valence-corrected chi connectivity index (χ3v) is 10.3. The van der Waals surface area contributed by atoms with Crippen molar-refractivity contribution in [2.75, 3.05) is 20.7 Å². The summed E-state index contributed by atoms with van der Waals surface area (Å²) in [6.07, 6.45) is 22.7. The van der Waals surface area contributed by atoms with Crippen molar-refractivity contribution in [1.29, 1.82) is 0 Å². The van der Waals surface area contributed by atoms with Crippen molar-refractivity contribution in [2.24, 2.45) is 11.7 Å². The molecule has 3 rings (SSSR count). The molecule has 2 fully saturated rings. The highest BCUT2D eigenvalue weighted by molar-refractivity contribution is 5.94. The van der Waals surface area contributed by atoms with Crippen molar-refractivity contribution in [2.45, 2.75) is 148 Å². The minimum absolute atomic E-state index is 0.0258. The van der Waals surface area contributed by atoms with Gasteiger partial charge in [-0.3, -0.25) is 4.79 Å². The monoisotopic (exact) mass is 794 g/mol. The van der Waals surface area contributed by atoms with Crippen LogP contribution < -0.4 is 11.1 Å². The normalized spacial score (nSPS) is 42.1. The molecule has 11 atom stereocenters. The van der Waals surface area contributed by atoms with Crippen LogP contribution in [-0.2, 0) is 23.7 Å². The highest BCUT2D eigenvalue weighted by atomic mass is 16.7. The van der Waals surface area contributed by atoms with Crippen LogP contribution in [0.5, 0.6) is 0 Å². The number of aliphatic hydroxyl groups is 3. The zero-order valence-corrected chi connectivity index (χ0v) is 36.1. The average molecular weight is 794 g/mol. The zero-order chi connectivity index (χ0) is 42.5. The number of allylic oxidation sites excluding steroid dienone is 14. The van der Waals surface area contributed by atoms with Gasteiger partial charge in [0, 0.05) is 18.0 Å². The van der Waals surface area contributed by atoms with E-state index in [-0.39, 0.29) is 37.1 Å². The number of ether oxygens (including phenoxy) is 4. The number of rotatable bonds is 7. The Balaban J connectivity index is 1.86. The summed E-state index contributed by atoms with van der Waals surface area (Å²) in [6, 6.07) is -1.28. The lowest BCUT2D eigenvalue weighted by Crippen LogP contribution is -2.63. The van der Waals surface area contributed by atoms with Crippen molar-refractivity contribution in [3.8, 4) is 0 Å². The van der Waals surface area contributed by atoms with Crippen molar-refractivity contribution < 1.29 is 39.1 Å². The number of carbonyl (C=O) groups excluding carboxylic acids is 1. The van der Waals surface area contributed by atoms with Crippen molar-refractivity contribution >= 4 is 5.91 Å². The molecule has 0 aromatic carbocycles. The van der Waals surface area contributed by atoms with E-state index in [9.17, 15) is 20.1 Å². The van der Waals surface area contributed by atoms with Gasteiger partial charge in [0.1, 0.15) is 23.9 Å². The molecule has 1 amide bonds.